The maximum atomic E-state index is 13.8. The summed E-state index contributed by atoms with van der Waals surface area (Å²) in [4.78, 5) is 33.5. The van der Waals surface area contributed by atoms with Gasteiger partial charge in [0.1, 0.15) is 12.4 Å². The molecule has 0 radical (unpaired) electrons. The van der Waals surface area contributed by atoms with Gasteiger partial charge in [0.25, 0.3) is 0 Å². The van der Waals surface area contributed by atoms with Crippen molar-refractivity contribution in [1.82, 2.24) is 4.98 Å². The molecule has 0 spiro atoms. The number of carbonyl (C=O) groups is 2. The second-order valence-corrected chi connectivity index (χ2v) is 9.94. The van der Waals surface area contributed by atoms with Gasteiger partial charge in [0.05, 0.1) is 23.9 Å². The molecule has 0 saturated heterocycles. The number of anilines is 2. The Morgan fingerprint density at radius 1 is 1.23 bits per heavy atom. The monoisotopic (exact) mass is 495 g/mol. The zero-order valence-corrected chi connectivity index (χ0v) is 21.2. The smallest absolute Gasteiger partial charge is 0.329 e. The van der Waals surface area contributed by atoms with Crippen molar-refractivity contribution < 1.29 is 19.1 Å². The number of carbonyl (C=O) groups excluding carboxylic acids is 2. The van der Waals surface area contributed by atoms with E-state index in [-0.39, 0.29) is 30.8 Å². The van der Waals surface area contributed by atoms with Gasteiger partial charge in [0.15, 0.2) is 5.82 Å². The average molecular weight is 496 g/mol. The van der Waals surface area contributed by atoms with Gasteiger partial charge in [-0.05, 0) is 54.7 Å². The molecule has 1 amide bonds. The summed E-state index contributed by atoms with van der Waals surface area (Å²) in [6, 6.07) is 11.1. The van der Waals surface area contributed by atoms with Crippen molar-refractivity contribution in [3.05, 3.63) is 76.8 Å². The van der Waals surface area contributed by atoms with Gasteiger partial charge < -0.3 is 19.7 Å². The molecule has 1 aromatic heterocycles. The normalized spacial score (nSPS) is 19.6. The van der Waals surface area contributed by atoms with E-state index in [9.17, 15) is 9.59 Å². The minimum absolute atomic E-state index is 0.0191. The number of halogens is 1. The van der Waals surface area contributed by atoms with E-state index in [1.54, 1.807) is 31.3 Å². The molecule has 2 heterocycles. The second-order valence-electron chi connectivity index (χ2n) is 9.54. The van der Waals surface area contributed by atoms with E-state index in [1.807, 2.05) is 35.2 Å². The third-order valence-corrected chi connectivity index (χ3v) is 6.48. The molecule has 4 rings (SSSR count). The number of amides is 1. The number of esters is 1. The fourth-order valence-corrected chi connectivity index (χ4v) is 4.53. The van der Waals surface area contributed by atoms with Gasteiger partial charge in [-0.2, -0.15) is 0 Å². The Kier molecular flexibility index (Phi) is 6.90. The molecular weight excluding hydrogens is 466 g/mol. The number of hydrogen-bond donors (Lipinski definition) is 1. The van der Waals surface area contributed by atoms with E-state index in [0.717, 1.165) is 5.56 Å². The molecule has 1 aliphatic carbocycles. The minimum atomic E-state index is -1.68. The van der Waals surface area contributed by atoms with Crippen LogP contribution < -0.4 is 10.2 Å². The average Bonchev–Trinajstić information content (AvgIpc) is 2.83. The fraction of sp³-hybridized carbons (Fsp3) is 0.370. The fourth-order valence-electron chi connectivity index (χ4n) is 4.31. The van der Waals surface area contributed by atoms with Crippen molar-refractivity contribution in [3.8, 4) is 0 Å². The van der Waals surface area contributed by atoms with Crippen LogP contribution in [0, 0.1) is 5.41 Å². The highest BCUT2D eigenvalue weighted by Gasteiger charge is 2.55. The van der Waals surface area contributed by atoms with Crippen LogP contribution in [0.3, 0.4) is 0 Å². The summed E-state index contributed by atoms with van der Waals surface area (Å²) in [6.45, 7) is 8.94. The lowest BCUT2D eigenvalue weighted by Gasteiger charge is -2.40. The Hall–Kier alpha value is -3.32. The standard InChI is InChI=1S/C27H30ClN3O4/c1-5-34-25(33)27(24(32)30-19-12-10-18(11-13-19)26(2,3)4)14-6-9-21-22(27)35-17-16-31(21)23-20(28)8-7-15-29-23/h6-13,15H,5,14,16-17H2,1-4H3,(H,30,32). The molecule has 1 N–H and O–H groups in total. The van der Waals surface area contributed by atoms with Crippen LogP contribution in [0.2, 0.25) is 5.02 Å². The van der Waals surface area contributed by atoms with E-state index in [2.05, 4.69) is 31.1 Å². The molecule has 184 valence electrons. The molecule has 0 bridgehead atoms. The maximum absolute atomic E-state index is 13.8. The van der Waals surface area contributed by atoms with E-state index < -0.39 is 17.3 Å². The summed E-state index contributed by atoms with van der Waals surface area (Å²) < 4.78 is 11.4. The van der Waals surface area contributed by atoms with E-state index in [1.165, 1.54) is 0 Å². The first kappa shape index (κ1) is 24.8. The largest absolute Gasteiger partial charge is 0.492 e. The Morgan fingerprint density at radius 3 is 2.63 bits per heavy atom. The van der Waals surface area contributed by atoms with Gasteiger partial charge in [-0.15, -0.1) is 0 Å². The number of aromatic nitrogens is 1. The number of pyridine rings is 1. The van der Waals surface area contributed by atoms with Crippen LogP contribution in [0.15, 0.2) is 66.2 Å². The first-order valence-corrected chi connectivity index (χ1v) is 12.1. The number of nitrogens with zero attached hydrogens (tertiary/aromatic N) is 2. The van der Waals surface area contributed by atoms with Crippen LogP contribution in [0.1, 0.15) is 39.7 Å². The van der Waals surface area contributed by atoms with Crippen molar-refractivity contribution in [3.63, 3.8) is 0 Å². The maximum Gasteiger partial charge on any atom is 0.329 e. The minimum Gasteiger partial charge on any atom is -0.492 e. The first-order valence-electron chi connectivity index (χ1n) is 11.7. The van der Waals surface area contributed by atoms with Crippen molar-refractivity contribution in [2.45, 2.75) is 39.5 Å². The molecular formula is C27H30ClN3O4. The SMILES string of the molecule is CCOC(=O)C1(C(=O)Nc2ccc(C(C)(C)C)cc2)CC=CC2=C1OCCN2c1ncccc1Cl. The molecule has 0 saturated carbocycles. The van der Waals surface area contributed by atoms with Gasteiger partial charge >= 0.3 is 5.97 Å². The Labute approximate surface area is 210 Å². The highest BCUT2D eigenvalue weighted by molar-refractivity contribution is 6.33. The second kappa shape index (κ2) is 9.74. The van der Waals surface area contributed by atoms with Gasteiger partial charge in [-0.1, -0.05) is 50.6 Å². The first-order chi connectivity index (χ1) is 16.7. The molecule has 2 aliphatic rings. The summed E-state index contributed by atoms with van der Waals surface area (Å²) in [5.41, 5.74) is 0.593. The van der Waals surface area contributed by atoms with Crippen molar-refractivity contribution in [2.24, 2.45) is 5.41 Å². The summed E-state index contributed by atoms with van der Waals surface area (Å²) in [7, 11) is 0. The highest BCUT2D eigenvalue weighted by Crippen LogP contribution is 2.44. The number of benzene rings is 1. The van der Waals surface area contributed by atoms with Gasteiger partial charge in [-0.25, -0.2) is 4.98 Å². The van der Waals surface area contributed by atoms with E-state index >= 15 is 0 Å². The predicted octanol–water partition coefficient (Wildman–Crippen LogP) is 5.23. The summed E-state index contributed by atoms with van der Waals surface area (Å²) in [5.74, 6) is -0.386. The van der Waals surface area contributed by atoms with Crippen LogP contribution in [-0.4, -0.2) is 36.6 Å². The molecule has 1 aliphatic heterocycles. The van der Waals surface area contributed by atoms with Crippen molar-refractivity contribution >= 4 is 35.0 Å². The van der Waals surface area contributed by atoms with Gasteiger partial charge in [-0.3, -0.25) is 9.59 Å². The zero-order chi connectivity index (χ0) is 25.2. The quantitative estimate of drug-likeness (QED) is 0.452. The molecule has 8 heteroatoms. The predicted molar refractivity (Wildman–Crippen MR) is 136 cm³/mol. The highest BCUT2D eigenvalue weighted by atomic mass is 35.5. The van der Waals surface area contributed by atoms with E-state index in [4.69, 9.17) is 21.1 Å². The van der Waals surface area contributed by atoms with Crippen LogP contribution in [-0.2, 0) is 24.5 Å². The number of nitrogens with one attached hydrogen (secondary N) is 1. The summed E-state index contributed by atoms with van der Waals surface area (Å²) in [6.07, 6.45) is 5.38. The Bertz CT molecular complexity index is 1180. The van der Waals surface area contributed by atoms with Crippen LogP contribution in [0.4, 0.5) is 11.5 Å². The topological polar surface area (TPSA) is 80.8 Å². The Morgan fingerprint density at radius 2 is 1.97 bits per heavy atom. The van der Waals surface area contributed by atoms with Gasteiger partial charge in [0, 0.05) is 11.9 Å². The number of allylic oxidation sites excluding steroid dienone is 2. The molecule has 1 aromatic carbocycles. The molecule has 7 nitrogen and oxygen atoms in total. The summed E-state index contributed by atoms with van der Waals surface area (Å²) >= 11 is 6.42. The third-order valence-electron chi connectivity index (χ3n) is 6.19. The Balaban J connectivity index is 1.75. The summed E-state index contributed by atoms with van der Waals surface area (Å²) in [5, 5.41) is 3.38. The number of rotatable bonds is 5. The number of ether oxygens (including phenoxy) is 2. The lowest BCUT2D eigenvalue weighted by molar-refractivity contribution is -0.159. The van der Waals surface area contributed by atoms with Gasteiger partial charge in [0.2, 0.25) is 11.3 Å². The lowest BCUT2D eigenvalue weighted by atomic mass is 9.76. The van der Waals surface area contributed by atoms with E-state index in [0.29, 0.717) is 28.8 Å². The number of hydrogen-bond acceptors (Lipinski definition) is 6. The molecule has 1 atom stereocenters. The lowest BCUT2D eigenvalue weighted by Crippen LogP contribution is -2.50. The van der Waals surface area contributed by atoms with Crippen molar-refractivity contribution in [2.75, 3.05) is 30.0 Å². The van der Waals surface area contributed by atoms with Crippen LogP contribution in [0.5, 0.6) is 0 Å². The molecule has 0 fully saturated rings. The zero-order valence-electron chi connectivity index (χ0n) is 20.4. The van der Waals surface area contributed by atoms with Crippen molar-refractivity contribution in [1.29, 1.82) is 0 Å². The van der Waals surface area contributed by atoms with Crippen LogP contribution >= 0.6 is 11.6 Å². The molecule has 2 aromatic rings. The molecule has 1 unspecified atom stereocenters. The van der Waals surface area contributed by atoms with Crippen LogP contribution in [0.25, 0.3) is 0 Å². The molecule has 35 heavy (non-hydrogen) atoms. The third kappa shape index (κ3) is 4.65.